The second-order valence-electron chi connectivity index (χ2n) is 4.51. The minimum Gasteiger partial charge on any atom is -0.450 e. The third kappa shape index (κ3) is 4.13. The van der Waals surface area contributed by atoms with Gasteiger partial charge in [-0.05, 0) is 32.9 Å². The molecule has 0 amide bonds. The van der Waals surface area contributed by atoms with Crippen molar-refractivity contribution >= 4 is 5.97 Å². The Bertz CT molecular complexity index is 510. The lowest BCUT2D eigenvalue weighted by atomic mass is 10.2. The summed E-state index contributed by atoms with van der Waals surface area (Å²) in [5.41, 5.74) is -0.845. The molecule has 1 aromatic carbocycles. The van der Waals surface area contributed by atoms with Gasteiger partial charge in [0.1, 0.15) is 5.60 Å². The average Bonchev–Trinajstić information content (AvgIpc) is 2.20. The minimum absolute atomic E-state index is 0.141. The highest BCUT2D eigenvalue weighted by Crippen LogP contribution is 2.12. The van der Waals surface area contributed by atoms with Crippen molar-refractivity contribution in [1.29, 1.82) is 0 Å². The van der Waals surface area contributed by atoms with Crippen LogP contribution in [0.4, 0.5) is 13.2 Å². The van der Waals surface area contributed by atoms with Crippen molar-refractivity contribution in [2.45, 2.75) is 26.4 Å². The molecule has 0 aliphatic carbocycles. The van der Waals surface area contributed by atoms with E-state index >= 15 is 0 Å². The lowest BCUT2D eigenvalue weighted by molar-refractivity contribution is -0.147. The fourth-order valence-electron chi connectivity index (χ4n) is 1.05. The third-order valence-corrected chi connectivity index (χ3v) is 1.69. The maximum Gasteiger partial charge on any atom is 0.385 e. The molecule has 0 fully saturated rings. The van der Waals surface area contributed by atoms with Gasteiger partial charge >= 0.3 is 5.97 Å². The first kappa shape index (κ1) is 14.1. The van der Waals surface area contributed by atoms with Gasteiger partial charge in [0.05, 0.1) is 0 Å². The Morgan fingerprint density at radius 2 is 1.67 bits per heavy atom. The number of esters is 1. The standard InChI is InChI=1S/C13H11F3O2/c1-13(2,3)18-11(17)5-4-8-6-9(14)12(16)10(15)7-8/h6-7H,1-3H3. The number of carbonyl (C=O) groups is 1. The van der Waals surface area contributed by atoms with Crippen molar-refractivity contribution in [1.82, 2.24) is 0 Å². The molecule has 0 saturated heterocycles. The monoisotopic (exact) mass is 256 g/mol. The van der Waals surface area contributed by atoms with Gasteiger partial charge in [-0.25, -0.2) is 18.0 Å². The second kappa shape index (κ2) is 5.13. The fourth-order valence-corrected chi connectivity index (χ4v) is 1.05. The van der Waals surface area contributed by atoms with Crippen LogP contribution in [0.15, 0.2) is 12.1 Å². The number of hydrogen-bond acceptors (Lipinski definition) is 2. The molecule has 5 heteroatoms. The number of ether oxygens (including phenoxy) is 1. The molecule has 0 saturated carbocycles. The highest BCUT2D eigenvalue weighted by Gasteiger charge is 2.14. The van der Waals surface area contributed by atoms with Crippen LogP contribution in [0, 0.1) is 29.3 Å². The zero-order valence-electron chi connectivity index (χ0n) is 10.1. The maximum absolute atomic E-state index is 12.8. The Hall–Kier alpha value is -1.96. The lowest BCUT2D eigenvalue weighted by Crippen LogP contribution is -2.22. The molecule has 0 radical (unpaired) electrons. The molecule has 1 aromatic rings. The van der Waals surface area contributed by atoms with Crippen LogP contribution in [0.1, 0.15) is 26.3 Å². The van der Waals surface area contributed by atoms with Gasteiger partial charge in [-0.1, -0.05) is 5.92 Å². The van der Waals surface area contributed by atoms with Crippen LogP contribution in [0.5, 0.6) is 0 Å². The predicted molar refractivity (Wildman–Crippen MR) is 59.0 cm³/mol. The molecule has 0 aliphatic rings. The first-order valence-corrected chi connectivity index (χ1v) is 5.08. The second-order valence-corrected chi connectivity index (χ2v) is 4.51. The number of rotatable bonds is 0. The molecule has 0 aliphatic heterocycles. The highest BCUT2D eigenvalue weighted by molar-refractivity contribution is 5.89. The molecule has 0 N–H and O–H groups in total. The van der Waals surface area contributed by atoms with Crippen LogP contribution in [-0.2, 0) is 9.53 Å². The van der Waals surface area contributed by atoms with E-state index in [-0.39, 0.29) is 5.56 Å². The summed E-state index contributed by atoms with van der Waals surface area (Å²) >= 11 is 0. The quantitative estimate of drug-likeness (QED) is 0.405. The van der Waals surface area contributed by atoms with Crippen LogP contribution in [0.3, 0.4) is 0 Å². The van der Waals surface area contributed by atoms with Gasteiger partial charge in [-0.3, -0.25) is 0 Å². The Balaban J connectivity index is 2.90. The molecule has 96 valence electrons. The summed E-state index contributed by atoms with van der Waals surface area (Å²) in [6.07, 6.45) is 0. The van der Waals surface area contributed by atoms with E-state index in [9.17, 15) is 18.0 Å². The first-order chi connectivity index (χ1) is 8.19. The van der Waals surface area contributed by atoms with Crippen LogP contribution < -0.4 is 0 Å². The van der Waals surface area contributed by atoms with Crippen molar-refractivity contribution in [3.63, 3.8) is 0 Å². The summed E-state index contributed by atoms with van der Waals surface area (Å²) in [7, 11) is 0. The first-order valence-electron chi connectivity index (χ1n) is 5.08. The smallest absolute Gasteiger partial charge is 0.385 e. The van der Waals surface area contributed by atoms with Gasteiger partial charge in [-0.2, -0.15) is 0 Å². The van der Waals surface area contributed by atoms with Crippen LogP contribution in [0.2, 0.25) is 0 Å². The van der Waals surface area contributed by atoms with Gasteiger partial charge in [0.15, 0.2) is 17.5 Å². The fraction of sp³-hybridized carbons (Fsp3) is 0.308. The molecular formula is C13H11F3O2. The Labute approximate surface area is 103 Å². The summed E-state index contributed by atoms with van der Waals surface area (Å²) < 4.78 is 43.2. The largest absolute Gasteiger partial charge is 0.450 e. The molecule has 0 bridgehead atoms. The zero-order chi connectivity index (χ0) is 13.9. The number of benzene rings is 1. The van der Waals surface area contributed by atoms with E-state index in [2.05, 4.69) is 11.8 Å². The topological polar surface area (TPSA) is 26.3 Å². The lowest BCUT2D eigenvalue weighted by Gasteiger charge is -2.16. The van der Waals surface area contributed by atoms with E-state index in [0.717, 1.165) is 0 Å². The van der Waals surface area contributed by atoms with Gasteiger partial charge in [0.25, 0.3) is 0 Å². The van der Waals surface area contributed by atoms with Crippen LogP contribution >= 0.6 is 0 Å². The summed E-state index contributed by atoms with van der Waals surface area (Å²) in [4.78, 5) is 11.2. The van der Waals surface area contributed by atoms with Crippen LogP contribution in [-0.4, -0.2) is 11.6 Å². The Kier molecular flexibility index (Phi) is 4.02. The molecule has 2 nitrogen and oxygen atoms in total. The van der Waals surface area contributed by atoms with Crippen molar-refractivity contribution in [2.24, 2.45) is 0 Å². The third-order valence-electron chi connectivity index (χ3n) is 1.69. The molecule has 0 heterocycles. The highest BCUT2D eigenvalue weighted by atomic mass is 19.2. The number of carbonyl (C=O) groups excluding carboxylic acids is 1. The summed E-state index contributed by atoms with van der Waals surface area (Å²) in [6.45, 7) is 4.97. The number of halogens is 3. The van der Waals surface area contributed by atoms with E-state index in [1.54, 1.807) is 20.8 Å². The molecule has 0 atom stereocenters. The van der Waals surface area contributed by atoms with Crippen molar-refractivity contribution in [2.75, 3.05) is 0 Å². The molecular weight excluding hydrogens is 245 g/mol. The molecule has 18 heavy (non-hydrogen) atoms. The van der Waals surface area contributed by atoms with E-state index in [1.807, 2.05) is 0 Å². The van der Waals surface area contributed by atoms with Gasteiger partial charge < -0.3 is 4.74 Å². The van der Waals surface area contributed by atoms with Gasteiger partial charge in [0, 0.05) is 11.5 Å². The molecule has 1 rings (SSSR count). The number of hydrogen-bond donors (Lipinski definition) is 0. The minimum atomic E-state index is -1.57. The normalized spacial score (nSPS) is 10.6. The van der Waals surface area contributed by atoms with Crippen LogP contribution in [0.25, 0.3) is 0 Å². The van der Waals surface area contributed by atoms with Gasteiger partial charge in [0.2, 0.25) is 0 Å². The van der Waals surface area contributed by atoms with E-state index < -0.39 is 29.0 Å². The van der Waals surface area contributed by atoms with E-state index in [4.69, 9.17) is 4.74 Å². The molecule has 0 aromatic heterocycles. The molecule has 0 unspecified atom stereocenters. The van der Waals surface area contributed by atoms with E-state index in [1.165, 1.54) is 0 Å². The summed E-state index contributed by atoms with van der Waals surface area (Å²) in [5, 5.41) is 0. The van der Waals surface area contributed by atoms with E-state index in [0.29, 0.717) is 12.1 Å². The predicted octanol–water partition coefficient (Wildman–Crippen LogP) is 2.80. The SMILES string of the molecule is CC(C)(C)OC(=O)C#Cc1cc(F)c(F)c(F)c1. The maximum atomic E-state index is 12.8. The summed E-state index contributed by atoms with van der Waals surface area (Å²) in [5.74, 6) is -0.846. The average molecular weight is 256 g/mol. The Morgan fingerprint density at radius 3 is 2.11 bits per heavy atom. The Morgan fingerprint density at radius 1 is 1.17 bits per heavy atom. The summed E-state index contributed by atoms with van der Waals surface area (Å²) in [6, 6.07) is 1.41. The van der Waals surface area contributed by atoms with Crippen molar-refractivity contribution in [3.8, 4) is 11.8 Å². The van der Waals surface area contributed by atoms with Crippen molar-refractivity contribution in [3.05, 3.63) is 35.1 Å². The molecule has 0 spiro atoms. The zero-order valence-corrected chi connectivity index (χ0v) is 10.1. The van der Waals surface area contributed by atoms with Crippen molar-refractivity contribution < 1.29 is 22.7 Å². The van der Waals surface area contributed by atoms with Gasteiger partial charge in [-0.15, -0.1) is 0 Å².